The Hall–Kier alpha value is -1.91. The molecule has 0 bridgehead atoms. The van der Waals surface area contributed by atoms with Gasteiger partial charge >= 0.3 is 5.70 Å². The minimum Gasteiger partial charge on any atom is -0.757 e. The van der Waals surface area contributed by atoms with E-state index in [4.69, 9.17) is 10.7 Å². The van der Waals surface area contributed by atoms with Crippen LogP contribution in [0.15, 0.2) is 24.5 Å². The fraction of sp³-hybridized carbons (Fsp3) is 0.200. The van der Waals surface area contributed by atoms with Crippen LogP contribution in [0.3, 0.4) is 0 Å². The van der Waals surface area contributed by atoms with E-state index in [0.29, 0.717) is 0 Å². The molecule has 0 aromatic carbocycles. The second-order valence-corrected chi connectivity index (χ2v) is 2.55. The molecular weight excluding hydrogens is 162 g/mol. The highest BCUT2D eigenvalue weighted by Crippen LogP contribution is 1.96. The van der Waals surface area contributed by atoms with Gasteiger partial charge in [-0.3, -0.25) is 0 Å². The Balaban J connectivity index is 3.17. The number of hydrogen-bond acceptors (Lipinski definition) is 1. The van der Waals surface area contributed by atoms with Crippen LogP contribution in [0.25, 0.3) is 11.1 Å². The fourth-order valence-corrected chi connectivity index (χ4v) is 1.01. The smallest absolute Gasteiger partial charge is 0.309 e. The average Bonchev–Trinajstić information content (AvgIpc) is 2.20. The third kappa shape index (κ3) is 2.02. The zero-order valence-electron chi connectivity index (χ0n) is 7.36. The molecule has 0 amide bonds. The molecule has 1 heterocycles. The Morgan fingerprint density at radius 3 is 3.00 bits per heavy atom. The van der Waals surface area contributed by atoms with Crippen molar-refractivity contribution >= 4 is 11.6 Å². The normalized spacial score (nSPS) is 8.62. The van der Waals surface area contributed by atoms with Crippen LogP contribution in [0, 0.1) is 11.3 Å². The molecular formula is C10H9N3. The van der Waals surface area contributed by atoms with Gasteiger partial charge in [0.25, 0.3) is 0 Å². The molecule has 0 N–H and O–H groups in total. The molecule has 13 heavy (non-hydrogen) atoms. The van der Waals surface area contributed by atoms with Crippen LogP contribution in [-0.4, -0.2) is 5.87 Å². The van der Waals surface area contributed by atoms with Gasteiger partial charge in [0.1, 0.15) is 0 Å². The van der Waals surface area contributed by atoms with Crippen LogP contribution in [0.1, 0.15) is 12.5 Å². The topological polar surface area (TPSA) is 50.0 Å². The van der Waals surface area contributed by atoms with Gasteiger partial charge in [-0.1, -0.05) is 6.92 Å². The Bertz CT molecular complexity index is 395. The summed E-state index contributed by atoms with van der Waals surface area (Å²) in [4.78, 5) is 0. The van der Waals surface area contributed by atoms with E-state index in [-0.39, 0.29) is 5.70 Å². The molecule has 0 saturated carbocycles. The number of aromatic nitrogens is 1. The molecule has 0 unspecified atom stereocenters. The van der Waals surface area contributed by atoms with Crippen molar-refractivity contribution in [3.63, 3.8) is 0 Å². The lowest BCUT2D eigenvalue weighted by Gasteiger charge is -1.94. The predicted octanol–water partition coefficient (Wildman–Crippen LogP) is 1.14. The molecule has 0 atom stereocenters. The summed E-state index contributed by atoms with van der Waals surface area (Å²) in [6, 6.07) is 5.63. The first-order chi connectivity index (χ1) is 6.31. The summed E-state index contributed by atoms with van der Waals surface area (Å²) in [5.41, 5.74) is 1.20. The molecule has 0 aliphatic rings. The summed E-state index contributed by atoms with van der Waals surface area (Å²) in [7, 11) is 0. The minimum atomic E-state index is 0.0929. The van der Waals surface area contributed by atoms with E-state index < -0.39 is 0 Å². The van der Waals surface area contributed by atoms with Crippen LogP contribution in [0.5, 0.6) is 0 Å². The summed E-state index contributed by atoms with van der Waals surface area (Å²) in [5.74, 6) is 1.84. The zero-order chi connectivity index (χ0) is 9.68. The Labute approximate surface area is 77.1 Å². The van der Waals surface area contributed by atoms with Crippen LogP contribution < -0.4 is 4.57 Å². The van der Waals surface area contributed by atoms with Crippen molar-refractivity contribution in [2.75, 3.05) is 0 Å². The molecule has 0 radical (unpaired) electrons. The molecule has 0 aliphatic heterocycles. The molecule has 0 spiro atoms. The predicted molar refractivity (Wildman–Crippen MR) is 49.7 cm³/mol. The van der Waals surface area contributed by atoms with Crippen molar-refractivity contribution in [2.45, 2.75) is 13.3 Å². The van der Waals surface area contributed by atoms with Crippen molar-refractivity contribution in [1.82, 2.24) is 0 Å². The monoisotopic (exact) mass is 171 g/mol. The van der Waals surface area contributed by atoms with Gasteiger partial charge in [-0.05, 0) is 12.5 Å². The maximum Gasteiger partial charge on any atom is 0.309 e. The van der Waals surface area contributed by atoms with E-state index in [2.05, 4.69) is 0 Å². The number of aryl methyl sites for hydroxylation is 1. The molecule has 64 valence electrons. The Morgan fingerprint density at radius 1 is 1.69 bits per heavy atom. The zero-order valence-corrected chi connectivity index (χ0v) is 7.36. The highest BCUT2D eigenvalue weighted by atomic mass is 14.9. The highest BCUT2D eigenvalue weighted by molar-refractivity contribution is 5.84. The number of pyridine rings is 1. The molecule has 0 saturated heterocycles. The second-order valence-electron chi connectivity index (χ2n) is 2.55. The number of nitriles is 1. The van der Waals surface area contributed by atoms with Crippen molar-refractivity contribution in [2.24, 2.45) is 0 Å². The first-order valence-electron chi connectivity index (χ1n) is 3.99. The maximum atomic E-state index is 8.61. The van der Waals surface area contributed by atoms with Crippen LogP contribution >= 0.6 is 0 Å². The maximum absolute atomic E-state index is 8.61. The van der Waals surface area contributed by atoms with Crippen molar-refractivity contribution < 1.29 is 4.57 Å². The number of rotatable bonds is 2. The molecule has 3 heteroatoms. The first-order valence-corrected chi connectivity index (χ1v) is 3.99. The van der Waals surface area contributed by atoms with E-state index in [0.717, 1.165) is 12.0 Å². The minimum absolute atomic E-state index is 0.0929. The molecule has 1 aromatic rings. The largest absolute Gasteiger partial charge is 0.757 e. The molecule has 1 aromatic heterocycles. The fourth-order valence-electron chi connectivity index (χ4n) is 1.01. The molecule has 0 fully saturated rings. The Morgan fingerprint density at radius 2 is 2.46 bits per heavy atom. The van der Waals surface area contributed by atoms with E-state index >= 15 is 0 Å². The first kappa shape index (κ1) is 9.18. The Kier molecular flexibility index (Phi) is 2.97. The summed E-state index contributed by atoms with van der Waals surface area (Å²) < 4.78 is 1.54. The van der Waals surface area contributed by atoms with E-state index in [9.17, 15) is 0 Å². The molecule has 0 aliphatic carbocycles. The number of allylic oxidation sites excluding steroid dienone is 1. The van der Waals surface area contributed by atoms with Gasteiger partial charge in [-0.15, -0.1) is 0 Å². The SMILES string of the molecule is CCc1ccc[n+](C(=C=[N-])C#N)c1. The molecule has 1 rings (SSSR count). The van der Waals surface area contributed by atoms with Gasteiger partial charge in [0, 0.05) is 11.6 Å². The summed E-state index contributed by atoms with van der Waals surface area (Å²) in [5, 5.41) is 17.2. The summed E-state index contributed by atoms with van der Waals surface area (Å²) >= 11 is 0. The van der Waals surface area contributed by atoms with Crippen molar-refractivity contribution in [1.29, 1.82) is 5.26 Å². The third-order valence-electron chi connectivity index (χ3n) is 1.74. The average molecular weight is 171 g/mol. The van der Waals surface area contributed by atoms with Gasteiger partial charge in [0.15, 0.2) is 18.5 Å². The van der Waals surface area contributed by atoms with Crippen LogP contribution in [0.4, 0.5) is 0 Å². The lowest BCUT2D eigenvalue weighted by atomic mass is 10.2. The van der Waals surface area contributed by atoms with E-state index in [1.807, 2.05) is 31.0 Å². The second kappa shape index (κ2) is 4.20. The van der Waals surface area contributed by atoms with Gasteiger partial charge in [-0.2, -0.15) is 15.7 Å². The van der Waals surface area contributed by atoms with Gasteiger partial charge in [0.05, 0.1) is 0 Å². The number of hydrogen-bond donors (Lipinski definition) is 0. The van der Waals surface area contributed by atoms with Gasteiger partial charge < -0.3 is 5.41 Å². The van der Waals surface area contributed by atoms with Crippen LogP contribution in [-0.2, 0) is 6.42 Å². The van der Waals surface area contributed by atoms with Gasteiger partial charge in [0.2, 0.25) is 0 Å². The number of nitrogens with zero attached hydrogens (tertiary/aromatic N) is 3. The van der Waals surface area contributed by atoms with Gasteiger partial charge in [-0.25, -0.2) is 0 Å². The van der Waals surface area contributed by atoms with Crippen molar-refractivity contribution in [3.05, 3.63) is 35.5 Å². The van der Waals surface area contributed by atoms with Crippen molar-refractivity contribution in [3.8, 4) is 6.07 Å². The third-order valence-corrected chi connectivity index (χ3v) is 1.74. The standard InChI is InChI=1S/C10H9N3/c1-2-9-4-3-5-13(8-9)10(6-11)7-12/h3-5,8H,2H2,1H3. The molecule has 3 nitrogen and oxygen atoms in total. The van der Waals surface area contributed by atoms with Crippen LogP contribution in [0.2, 0.25) is 0 Å². The quantitative estimate of drug-likeness (QED) is 0.374. The van der Waals surface area contributed by atoms with E-state index in [1.54, 1.807) is 17.0 Å². The highest BCUT2D eigenvalue weighted by Gasteiger charge is 2.05. The summed E-state index contributed by atoms with van der Waals surface area (Å²) in [6.45, 7) is 2.03. The lowest BCUT2D eigenvalue weighted by Crippen LogP contribution is -2.31. The summed E-state index contributed by atoms with van der Waals surface area (Å²) in [6.07, 6.45) is 4.38. The lowest BCUT2D eigenvalue weighted by molar-refractivity contribution is -0.576. The van der Waals surface area contributed by atoms with E-state index in [1.165, 1.54) is 0 Å².